The highest BCUT2D eigenvalue weighted by atomic mass is 35.5. The van der Waals surface area contributed by atoms with Crippen LogP contribution in [0.15, 0.2) is 48.5 Å². The number of ether oxygens (including phenoxy) is 1. The van der Waals surface area contributed by atoms with Gasteiger partial charge >= 0.3 is 0 Å². The molecule has 5 heteroatoms. The van der Waals surface area contributed by atoms with Crippen molar-refractivity contribution in [2.45, 2.75) is 13.0 Å². The third-order valence-electron chi connectivity index (χ3n) is 5.14. The molecule has 140 valence electrons. The van der Waals surface area contributed by atoms with Crippen LogP contribution in [0.3, 0.4) is 0 Å². The lowest BCUT2D eigenvalue weighted by Crippen LogP contribution is -2.47. The summed E-state index contributed by atoms with van der Waals surface area (Å²) in [5.41, 5.74) is 3.52. The van der Waals surface area contributed by atoms with Crippen LogP contribution in [0.2, 0.25) is 5.02 Å². The third-order valence-corrected chi connectivity index (χ3v) is 5.39. The molecule has 1 saturated heterocycles. The van der Waals surface area contributed by atoms with Crippen molar-refractivity contribution in [3.8, 4) is 5.75 Å². The maximum atomic E-state index is 12.5. The van der Waals surface area contributed by atoms with E-state index in [-0.39, 0.29) is 5.91 Å². The van der Waals surface area contributed by atoms with Crippen LogP contribution >= 0.6 is 11.6 Å². The van der Waals surface area contributed by atoms with E-state index in [0.717, 1.165) is 62.1 Å². The van der Waals surface area contributed by atoms with Gasteiger partial charge in [-0.25, -0.2) is 0 Å². The maximum Gasteiger partial charge on any atom is 0.246 e. The van der Waals surface area contributed by atoms with Crippen molar-refractivity contribution in [3.63, 3.8) is 0 Å². The fourth-order valence-electron chi connectivity index (χ4n) is 3.56. The number of carbonyl (C=O) groups excluding carboxylic acids is 1. The second-order valence-electron chi connectivity index (χ2n) is 7.03. The van der Waals surface area contributed by atoms with Gasteiger partial charge in [0, 0.05) is 50.2 Å². The van der Waals surface area contributed by atoms with Crippen LogP contribution in [0.5, 0.6) is 5.75 Å². The predicted octanol–water partition coefficient (Wildman–Crippen LogP) is 3.63. The molecule has 2 aromatic carbocycles. The SMILES string of the molecule is O=C(/C=C/c1ccc2c(c1)CCO2)N1CCN(Cc2ccc(Cl)cc2)CC1. The lowest BCUT2D eigenvalue weighted by molar-refractivity contribution is -0.127. The first kappa shape index (κ1) is 18.1. The molecule has 2 aromatic rings. The molecular formula is C22H23ClN2O2. The summed E-state index contributed by atoms with van der Waals surface area (Å²) in [5.74, 6) is 1.05. The molecule has 0 unspecified atom stereocenters. The van der Waals surface area contributed by atoms with E-state index in [2.05, 4.69) is 23.1 Å². The minimum atomic E-state index is 0.0814. The first-order chi connectivity index (χ1) is 13.2. The molecule has 0 atom stereocenters. The van der Waals surface area contributed by atoms with Gasteiger partial charge in [0.15, 0.2) is 0 Å². The van der Waals surface area contributed by atoms with Gasteiger partial charge in [0.05, 0.1) is 6.61 Å². The monoisotopic (exact) mass is 382 g/mol. The molecule has 0 bridgehead atoms. The Morgan fingerprint density at radius 2 is 1.85 bits per heavy atom. The van der Waals surface area contributed by atoms with Crippen molar-refractivity contribution >= 4 is 23.6 Å². The zero-order valence-electron chi connectivity index (χ0n) is 15.2. The Morgan fingerprint density at radius 1 is 1.07 bits per heavy atom. The number of fused-ring (bicyclic) bond motifs is 1. The van der Waals surface area contributed by atoms with Gasteiger partial charge in [-0.2, -0.15) is 0 Å². The highest BCUT2D eigenvalue weighted by molar-refractivity contribution is 6.30. The van der Waals surface area contributed by atoms with E-state index < -0.39 is 0 Å². The normalized spacial score (nSPS) is 17.1. The molecule has 4 nitrogen and oxygen atoms in total. The molecule has 4 rings (SSSR count). The van der Waals surface area contributed by atoms with Crippen molar-refractivity contribution in [2.24, 2.45) is 0 Å². The summed E-state index contributed by atoms with van der Waals surface area (Å²) in [6.07, 6.45) is 4.54. The van der Waals surface area contributed by atoms with E-state index in [1.807, 2.05) is 35.2 Å². The van der Waals surface area contributed by atoms with Crippen molar-refractivity contribution in [1.82, 2.24) is 9.80 Å². The largest absolute Gasteiger partial charge is 0.493 e. The van der Waals surface area contributed by atoms with Gasteiger partial charge in [-0.05, 0) is 47.0 Å². The molecule has 0 radical (unpaired) electrons. The zero-order valence-corrected chi connectivity index (χ0v) is 16.0. The summed E-state index contributed by atoms with van der Waals surface area (Å²) >= 11 is 5.94. The van der Waals surface area contributed by atoms with Crippen LogP contribution in [0.25, 0.3) is 6.08 Å². The van der Waals surface area contributed by atoms with Crippen molar-refractivity contribution < 1.29 is 9.53 Å². The molecule has 0 aromatic heterocycles. The number of carbonyl (C=O) groups is 1. The van der Waals surface area contributed by atoms with E-state index in [9.17, 15) is 4.79 Å². The summed E-state index contributed by atoms with van der Waals surface area (Å²) in [6, 6.07) is 14.1. The quantitative estimate of drug-likeness (QED) is 0.757. The standard InChI is InChI=1S/C22H23ClN2O2/c23-20-5-1-18(2-6-20)16-24-10-12-25(13-11-24)22(26)8-4-17-3-7-21-19(15-17)9-14-27-21/h1-8,15H,9-14,16H2/b8-4+. The molecule has 27 heavy (non-hydrogen) atoms. The molecule has 1 fully saturated rings. The summed E-state index contributed by atoms with van der Waals surface area (Å²) in [4.78, 5) is 16.8. The lowest BCUT2D eigenvalue weighted by Gasteiger charge is -2.34. The lowest BCUT2D eigenvalue weighted by atomic mass is 10.1. The van der Waals surface area contributed by atoms with Gasteiger partial charge in [0.25, 0.3) is 0 Å². The van der Waals surface area contributed by atoms with Gasteiger partial charge in [0.2, 0.25) is 5.91 Å². The molecule has 0 saturated carbocycles. The third kappa shape index (κ3) is 4.52. The first-order valence-corrected chi connectivity index (χ1v) is 9.75. The number of hydrogen-bond donors (Lipinski definition) is 0. The molecule has 2 aliphatic heterocycles. The van der Waals surface area contributed by atoms with Crippen LogP contribution in [-0.2, 0) is 17.8 Å². The zero-order chi connectivity index (χ0) is 18.6. The molecular weight excluding hydrogens is 360 g/mol. The summed E-state index contributed by atoms with van der Waals surface area (Å²) in [5, 5.41) is 0.761. The number of halogens is 1. The van der Waals surface area contributed by atoms with E-state index in [1.165, 1.54) is 11.1 Å². The molecule has 0 aliphatic carbocycles. The molecule has 2 heterocycles. The average Bonchev–Trinajstić information content (AvgIpc) is 3.16. The summed E-state index contributed by atoms with van der Waals surface area (Å²) < 4.78 is 5.52. The number of amides is 1. The van der Waals surface area contributed by atoms with Crippen molar-refractivity contribution in [3.05, 3.63) is 70.3 Å². The smallest absolute Gasteiger partial charge is 0.246 e. The van der Waals surface area contributed by atoms with Crippen molar-refractivity contribution in [2.75, 3.05) is 32.8 Å². The minimum absolute atomic E-state index is 0.0814. The highest BCUT2D eigenvalue weighted by Gasteiger charge is 2.19. The van der Waals surface area contributed by atoms with Crippen LogP contribution in [-0.4, -0.2) is 48.5 Å². The number of hydrogen-bond acceptors (Lipinski definition) is 3. The highest BCUT2D eigenvalue weighted by Crippen LogP contribution is 2.26. The van der Waals surface area contributed by atoms with Gasteiger partial charge in [-0.15, -0.1) is 0 Å². The van der Waals surface area contributed by atoms with Crippen LogP contribution < -0.4 is 4.74 Å². The van der Waals surface area contributed by atoms with E-state index in [0.29, 0.717) is 0 Å². The van der Waals surface area contributed by atoms with Gasteiger partial charge in [-0.3, -0.25) is 9.69 Å². The Morgan fingerprint density at radius 3 is 2.63 bits per heavy atom. The number of benzene rings is 2. The molecule has 2 aliphatic rings. The van der Waals surface area contributed by atoms with Crippen LogP contribution in [0.4, 0.5) is 0 Å². The Labute approximate surface area is 165 Å². The van der Waals surface area contributed by atoms with Crippen molar-refractivity contribution in [1.29, 1.82) is 0 Å². The van der Waals surface area contributed by atoms with Gasteiger partial charge in [0.1, 0.15) is 5.75 Å². The Balaban J connectivity index is 1.28. The Bertz CT molecular complexity index is 840. The van der Waals surface area contributed by atoms with E-state index in [4.69, 9.17) is 16.3 Å². The van der Waals surface area contributed by atoms with Crippen LogP contribution in [0, 0.1) is 0 Å². The second kappa shape index (κ2) is 8.15. The van der Waals surface area contributed by atoms with Gasteiger partial charge < -0.3 is 9.64 Å². The molecule has 0 spiro atoms. The second-order valence-corrected chi connectivity index (χ2v) is 7.46. The number of piperazine rings is 1. The fourth-order valence-corrected chi connectivity index (χ4v) is 3.68. The van der Waals surface area contributed by atoms with Crippen LogP contribution in [0.1, 0.15) is 16.7 Å². The molecule has 1 amide bonds. The van der Waals surface area contributed by atoms with E-state index in [1.54, 1.807) is 6.08 Å². The van der Waals surface area contributed by atoms with E-state index >= 15 is 0 Å². The maximum absolute atomic E-state index is 12.5. The fraction of sp³-hybridized carbons (Fsp3) is 0.318. The first-order valence-electron chi connectivity index (χ1n) is 9.37. The van der Waals surface area contributed by atoms with Gasteiger partial charge in [-0.1, -0.05) is 29.8 Å². The summed E-state index contributed by atoms with van der Waals surface area (Å²) in [7, 11) is 0. The Kier molecular flexibility index (Phi) is 5.46. The number of nitrogens with zero attached hydrogens (tertiary/aromatic N) is 2. The average molecular weight is 383 g/mol. The number of rotatable bonds is 4. The molecule has 0 N–H and O–H groups in total. The summed E-state index contributed by atoms with van der Waals surface area (Å²) in [6.45, 7) is 4.94. The topological polar surface area (TPSA) is 32.8 Å². The minimum Gasteiger partial charge on any atom is -0.493 e. The Hall–Kier alpha value is -2.30. The predicted molar refractivity (Wildman–Crippen MR) is 108 cm³/mol.